The van der Waals surface area contributed by atoms with Gasteiger partial charge in [0, 0.05) is 17.3 Å². The second kappa shape index (κ2) is 8.68. The SMILES string of the molecule is Cc1c(/C=C(\CC(=O)O)c2nc3ccccc3s2)c2ccccn2c1C(=O)c1ccc(F)cc1. The summed E-state index contributed by atoms with van der Waals surface area (Å²) in [5.41, 5.74) is 4.44. The van der Waals surface area contributed by atoms with E-state index in [1.807, 2.05) is 55.5 Å². The lowest BCUT2D eigenvalue weighted by molar-refractivity contribution is -0.135. The van der Waals surface area contributed by atoms with Crippen LogP contribution in [0.3, 0.4) is 0 Å². The van der Waals surface area contributed by atoms with E-state index in [1.165, 1.54) is 35.6 Å². The van der Waals surface area contributed by atoms with Gasteiger partial charge in [-0.05, 0) is 72.7 Å². The zero-order valence-electron chi connectivity index (χ0n) is 18.2. The lowest BCUT2D eigenvalue weighted by Crippen LogP contribution is -2.06. The molecule has 0 atom stereocenters. The standard InChI is InChI=1S/C27H19FN2O3S/c1-16-20(14-18(15-24(31)32)27-29-21-6-2-3-8-23(21)34-27)22-7-4-5-13-30(22)25(16)26(33)17-9-11-19(28)12-10-17/h2-14H,15H2,1H3,(H,31,32)/b18-14+. The average molecular weight is 471 g/mol. The van der Waals surface area contributed by atoms with E-state index in [0.29, 0.717) is 27.4 Å². The molecule has 3 heterocycles. The minimum atomic E-state index is -0.964. The molecule has 0 amide bonds. The zero-order chi connectivity index (χ0) is 23.8. The van der Waals surface area contributed by atoms with Crippen LogP contribution in [0, 0.1) is 12.7 Å². The van der Waals surface area contributed by atoms with Gasteiger partial charge in [-0.3, -0.25) is 9.59 Å². The van der Waals surface area contributed by atoms with E-state index >= 15 is 0 Å². The van der Waals surface area contributed by atoms with Gasteiger partial charge in [-0.1, -0.05) is 18.2 Å². The number of carbonyl (C=O) groups is 2. The molecule has 7 heteroatoms. The molecule has 5 aromatic rings. The number of carbonyl (C=O) groups excluding carboxylic acids is 1. The van der Waals surface area contributed by atoms with E-state index in [1.54, 1.807) is 10.6 Å². The summed E-state index contributed by atoms with van der Waals surface area (Å²) in [5, 5.41) is 10.2. The maximum atomic E-state index is 13.4. The summed E-state index contributed by atoms with van der Waals surface area (Å²) in [6.45, 7) is 1.84. The van der Waals surface area contributed by atoms with E-state index < -0.39 is 11.8 Å². The minimum absolute atomic E-state index is 0.204. The van der Waals surface area contributed by atoms with Gasteiger partial charge in [0.25, 0.3) is 0 Å². The number of pyridine rings is 1. The van der Waals surface area contributed by atoms with Gasteiger partial charge in [0.15, 0.2) is 0 Å². The first-order valence-electron chi connectivity index (χ1n) is 10.6. The molecule has 0 radical (unpaired) electrons. The second-order valence-electron chi connectivity index (χ2n) is 7.91. The van der Waals surface area contributed by atoms with Gasteiger partial charge in [-0.15, -0.1) is 11.3 Å². The molecule has 0 saturated carbocycles. The van der Waals surface area contributed by atoms with E-state index in [2.05, 4.69) is 4.98 Å². The molecule has 0 aliphatic rings. The molecule has 168 valence electrons. The summed E-state index contributed by atoms with van der Waals surface area (Å²) in [7, 11) is 0. The Morgan fingerprint density at radius 3 is 2.53 bits per heavy atom. The first-order chi connectivity index (χ1) is 16.4. The topological polar surface area (TPSA) is 71.7 Å². The van der Waals surface area contributed by atoms with Crippen molar-refractivity contribution in [2.24, 2.45) is 0 Å². The van der Waals surface area contributed by atoms with Crippen LogP contribution in [0.15, 0.2) is 72.9 Å². The summed E-state index contributed by atoms with van der Waals surface area (Å²) < 4.78 is 16.2. The van der Waals surface area contributed by atoms with Crippen LogP contribution in [0.25, 0.3) is 27.4 Å². The lowest BCUT2D eigenvalue weighted by atomic mass is 10.0. The lowest BCUT2D eigenvalue weighted by Gasteiger charge is -2.04. The average Bonchev–Trinajstić information content (AvgIpc) is 3.37. The number of fused-ring (bicyclic) bond motifs is 2. The van der Waals surface area contributed by atoms with Crippen LogP contribution in [0.5, 0.6) is 0 Å². The van der Waals surface area contributed by atoms with Crippen molar-refractivity contribution in [2.75, 3.05) is 0 Å². The normalized spacial score (nSPS) is 11.9. The molecule has 0 unspecified atom stereocenters. The van der Waals surface area contributed by atoms with Gasteiger partial charge in [-0.2, -0.15) is 0 Å². The van der Waals surface area contributed by atoms with Crippen LogP contribution >= 0.6 is 11.3 Å². The number of carboxylic acids is 1. The third kappa shape index (κ3) is 3.91. The Balaban J connectivity index is 1.70. The van der Waals surface area contributed by atoms with Gasteiger partial charge >= 0.3 is 5.97 Å². The van der Waals surface area contributed by atoms with E-state index in [0.717, 1.165) is 21.3 Å². The highest BCUT2D eigenvalue weighted by molar-refractivity contribution is 7.19. The molecule has 0 fully saturated rings. The number of benzene rings is 2. The molecule has 1 N–H and O–H groups in total. The van der Waals surface area contributed by atoms with E-state index in [9.17, 15) is 19.1 Å². The molecule has 0 saturated heterocycles. The number of aliphatic carboxylic acids is 1. The summed E-state index contributed by atoms with van der Waals surface area (Å²) in [4.78, 5) is 29.7. The third-order valence-corrected chi connectivity index (χ3v) is 6.80. The molecular formula is C27H19FN2O3S. The number of hydrogen-bond acceptors (Lipinski definition) is 4. The number of aromatic nitrogens is 2. The fraction of sp³-hybridized carbons (Fsp3) is 0.0741. The molecule has 0 bridgehead atoms. The van der Waals surface area contributed by atoms with Crippen LogP contribution in [0.4, 0.5) is 4.39 Å². The number of ketones is 1. The Morgan fingerprint density at radius 1 is 1.06 bits per heavy atom. The van der Waals surface area contributed by atoms with Gasteiger partial charge in [0.05, 0.1) is 27.8 Å². The van der Waals surface area contributed by atoms with Gasteiger partial charge in [0.1, 0.15) is 10.8 Å². The van der Waals surface area contributed by atoms with Crippen molar-refractivity contribution in [3.63, 3.8) is 0 Å². The van der Waals surface area contributed by atoms with Crippen LogP contribution in [-0.4, -0.2) is 26.2 Å². The summed E-state index contributed by atoms with van der Waals surface area (Å²) >= 11 is 1.44. The molecular weight excluding hydrogens is 451 g/mol. The highest BCUT2D eigenvalue weighted by atomic mass is 32.1. The largest absolute Gasteiger partial charge is 0.481 e. The highest BCUT2D eigenvalue weighted by Crippen LogP contribution is 2.34. The van der Waals surface area contributed by atoms with Crippen molar-refractivity contribution < 1.29 is 19.1 Å². The number of thiazole rings is 1. The molecule has 3 aromatic heterocycles. The number of para-hydroxylation sites is 1. The van der Waals surface area contributed by atoms with Crippen molar-refractivity contribution in [2.45, 2.75) is 13.3 Å². The van der Waals surface area contributed by atoms with Gasteiger partial charge in [0.2, 0.25) is 5.78 Å². The molecule has 5 rings (SSSR count). The van der Waals surface area contributed by atoms with Crippen molar-refractivity contribution in [3.8, 4) is 0 Å². The zero-order valence-corrected chi connectivity index (χ0v) is 19.0. The molecule has 5 nitrogen and oxygen atoms in total. The number of nitrogens with zero attached hydrogens (tertiary/aromatic N) is 2. The molecule has 0 spiro atoms. The molecule has 2 aromatic carbocycles. The maximum absolute atomic E-state index is 13.4. The van der Waals surface area contributed by atoms with E-state index in [4.69, 9.17) is 0 Å². The number of rotatable bonds is 6. The predicted molar refractivity (Wildman–Crippen MR) is 132 cm³/mol. The minimum Gasteiger partial charge on any atom is -0.481 e. The Labute approximate surface area is 198 Å². The molecule has 0 aliphatic heterocycles. The first kappa shape index (κ1) is 21.7. The Bertz CT molecular complexity index is 1560. The third-order valence-electron chi connectivity index (χ3n) is 5.69. The fourth-order valence-corrected chi connectivity index (χ4v) is 5.07. The Morgan fingerprint density at radius 2 is 1.79 bits per heavy atom. The summed E-state index contributed by atoms with van der Waals surface area (Å²) in [6, 6.07) is 18.7. The van der Waals surface area contributed by atoms with Gasteiger partial charge in [-0.25, -0.2) is 9.37 Å². The maximum Gasteiger partial charge on any atom is 0.307 e. The second-order valence-corrected chi connectivity index (χ2v) is 8.94. The monoisotopic (exact) mass is 470 g/mol. The molecule has 0 aliphatic carbocycles. The van der Waals surface area contributed by atoms with Crippen LogP contribution in [-0.2, 0) is 4.79 Å². The van der Waals surface area contributed by atoms with Crippen molar-refractivity contribution in [1.29, 1.82) is 0 Å². The van der Waals surface area contributed by atoms with Gasteiger partial charge < -0.3 is 9.51 Å². The predicted octanol–water partition coefficient (Wildman–Crippen LogP) is 6.24. The van der Waals surface area contributed by atoms with Crippen LogP contribution < -0.4 is 0 Å². The number of hydrogen-bond donors (Lipinski definition) is 1. The highest BCUT2D eigenvalue weighted by Gasteiger charge is 2.22. The Kier molecular flexibility index (Phi) is 5.55. The van der Waals surface area contributed by atoms with E-state index in [-0.39, 0.29) is 12.2 Å². The number of halogens is 1. The van der Waals surface area contributed by atoms with Crippen molar-refractivity contribution >= 4 is 50.5 Å². The summed E-state index contributed by atoms with van der Waals surface area (Å²) in [5.74, 6) is -1.61. The van der Waals surface area contributed by atoms with Crippen molar-refractivity contribution in [1.82, 2.24) is 9.38 Å². The smallest absolute Gasteiger partial charge is 0.307 e. The Hall–Kier alpha value is -4.10. The van der Waals surface area contributed by atoms with Crippen molar-refractivity contribution in [3.05, 3.63) is 106 Å². The first-order valence-corrected chi connectivity index (χ1v) is 11.4. The van der Waals surface area contributed by atoms with Crippen LogP contribution in [0.2, 0.25) is 0 Å². The summed E-state index contributed by atoms with van der Waals surface area (Å²) in [6.07, 6.45) is 3.41. The quantitative estimate of drug-likeness (QED) is 0.298. The van der Waals surface area contributed by atoms with Crippen LogP contribution in [0.1, 0.15) is 38.6 Å². The number of carboxylic acid groups (broad SMARTS) is 1. The molecule has 34 heavy (non-hydrogen) atoms. The fourth-order valence-electron chi connectivity index (χ4n) is 4.09.